The topological polar surface area (TPSA) is 106 Å². The minimum absolute atomic E-state index is 0.00199. The highest BCUT2D eigenvalue weighted by Gasteiger charge is 2.20. The number of rotatable bonds is 12. The number of methoxy groups -OCH3 is 1. The predicted octanol–water partition coefficient (Wildman–Crippen LogP) is 4.95. The highest BCUT2D eigenvalue weighted by molar-refractivity contribution is 9.10. The standard InChI is InChI=1S/C28H30BrN3O5/c1-36-26(34)18-31-27(21-11-6-3-7-12-21)23-17-22(29)14-15-24(23)32-25(33)13-8-16-30-28(35)37-19-20-9-4-2-5-10-20/h2-7,9-12,14-15,17,27,31H,8,13,16,18-19H2,1H3,(H,30,35)(H,32,33)/t27-/m0/s1. The van der Waals surface area contributed by atoms with Crippen molar-refractivity contribution < 1.29 is 23.9 Å². The first-order chi connectivity index (χ1) is 18.0. The molecule has 2 amide bonds. The first-order valence-corrected chi connectivity index (χ1v) is 12.6. The minimum atomic E-state index is -0.526. The van der Waals surface area contributed by atoms with E-state index >= 15 is 0 Å². The molecule has 3 aromatic rings. The van der Waals surface area contributed by atoms with Gasteiger partial charge in [0, 0.05) is 23.1 Å². The maximum Gasteiger partial charge on any atom is 0.407 e. The molecule has 0 aromatic heterocycles. The summed E-state index contributed by atoms with van der Waals surface area (Å²) in [5.41, 5.74) is 3.24. The van der Waals surface area contributed by atoms with Crippen molar-refractivity contribution >= 4 is 39.6 Å². The van der Waals surface area contributed by atoms with Crippen molar-refractivity contribution in [2.45, 2.75) is 25.5 Å². The van der Waals surface area contributed by atoms with Crippen molar-refractivity contribution in [1.29, 1.82) is 0 Å². The van der Waals surface area contributed by atoms with Gasteiger partial charge in [0.1, 0.15) is 6.61 Å². The van der Waals surface area contributed by atoms with Crippen LogP contribution in [0.1, 0.15) is 35.6 Å². The molecule has 0 saturated heterocycles. The number of amides is 2. The quantitative estimate of drug-likeness (QED) is 0.211. The predicted molar refractivity (Wildman–Crippen MR) is 145 cm³/mol. The lowest BCUT2D eigenvalue weighted by molar-refractivity contribution is -0.139. The molecule has 37 heavy (non-hydrogen) atoms. The minimum Gasteiger partial charge on any atom is -0.468 e. The van der Waals surface area contributed by atoms with E-state index in [4.69, 9.17) is 9.47 Å². The van der Waals surface area contributed by atoms with Crippen molar-refractivity contribution in [2.24, 2.45) is 0 Å². The van der Waals surface area contributed by atoms with Crippen LogP contribution in [0.15, 0.2) is 83.3 Å². The molecule has 194 valence electrons. The molecule has 0 radical (unpaired) electrons. The smallest absolute Gasteiger partial charge is 0.407 e. The van der Waals surface area contributed by atoms with Crippen LogP contribution in [0, 0.1) is 0 Å². The van der Waals surface area contributed by atoms with Gasteiger partial charge in [0.05, 0.1) is 19.7 Å². The number of alkyl carbamates (subject to hydrolysis) is 1. The van der Waals surface area contributed by atoms with Crippen LogP contribution >= 0.6 is 15.9 Å². The summed E-state index contributed by atoms with van der Waals surface area (Å²) in [7, 11) is 1.34. The molecule has 0 aliphatic rings. The first-order valence-electron chi connectivity index (χ1n) is 11.8. The third-order valence-corrected chi connectivity index (χ3v) is 5.97. The molecule has 0 bridgehead atoms. The molecule has 0 aliphatic carbocycles. The zero-order valence-electron chi connectivity index (χ0n) is 20.5. The Morgan fingerprint density at radius 2 is 1.65 bits per heavy atom. The van der Waals surface area contributed by atoms with Gasteiger partial charge in [-0.1, -0.05) is 76.6 Å². The van der Waals surface area contributed by atoms with Crippen LogP contribution in [-0.2, 0) is 25.7 Å². The van der Waals surface area contributed by atoms with Crippen LogP contribution in [-0.4, -0.2) is 38.2 Å². The summed E-state index contributed by atoms with van der Waals surface area (Å²) in [4.78, 5) is 36.4. The number of anilines is 1. The second kappa shape index (κ2) is 14.8. The average molecular weight is 568 g/mol. The Bertz CT molecular complexity index is 1170. The van der Waals surface area contributed by atoms with Crippen molar-refractivity contribution in [3.8, 4) is 0 Å². The third kappa shape index (κ3) is 9.36. The normalized spacial score (nSPS) is 11.3. The van der Waals surface area contributed by atoms with E-state index in [9.17, 15) is 14.4 Å². The molecule has 8 nitrogen and oxygen atoms in total. The van der Waals surface area contributed by atoms with Crippen LogP contribution in [0.25, 0.3) is 0 Å². The Balaban J connectivity index is 1.57. The summed E-state index contributed by atoms with van der Waals surface area (Å²) in [6.07, 6.45) is 0.128. The van der Waals surface area contributed by atoms with Gasteiger partial charge in [0.15, 0.2) is 0 Å². The van der Waals surface area contributed by atoms with Crippen LogP contribution in [0.3, 0.4) is 0 Å². The number of hydrogen-bond donors (Lipinski definition) is 3. The van der Waals surface area contributed by atoms with Gasteiger partial charge in [-0.15, -0.1) is 0 Å². The number of nitrogens with one attached hydrogen (secondary N) is 3. The Labute approximate surface area is 224 Å². The molecule has 3 rings (SSSR count). The number of halogens is 1. The molecule has 3 N–H and O–H groups in total. The molecule has 9 heteroatoms. The Hall–Kier alpha value is -3.69. The van der Waals surface area contributed by atoms with E-state index in [0.29, 0.717) is 18.7 Å². The van der Waals surface area contributed by atoms with E-state index < -0.39 is 12.1 Å². The fourth-order valence-corrected chi connectivity index (χ4v) is 4.00. The van der Waals surface area contributed by atoms with Crippen molar-refractivity contribution in [3.05, 3.63) is 100 Å². The highest BCUT2D eigenvalue weighted by atomic mass is 79.9. The summed E-state index contributed by atoms with van der Waals surface area (Å²) in [6, 6.07) is 24.2. The summed E-state index contributed by atoms with van der Waals surface area (Å²) >= 11 is 3.51. The number of carbonyl (C=O) groups excluding carboxylic acids is 3. The van der Waals surface area contributed by atoms with Gasteiger partial charge in [-0.3, -0.25) is 14.9 Å². The summed E-state index contributed by atoms with van der Waals surface area (Å²) in [6.45, 7) is 0.496. The number of hydrogen-bond acceptors (Lipinski definition) is 6. The lowest BCUT2D eigenvalue weighted by Crippen LogP contribution is -2.30. The van der Waals surface area contributed by atoms with E-state index in [-0.39, 0.29) is 31.5 Å². The third-order valence-electron chi connectivity index (χ3n) is 5.47. The monoisotopic (exact) mass is 567 g/mol. The van der Waals surface area contributed by atoms with Crippen LogP contribution < -0.4 is 16.0 Å². The molecule has 0 saturated carbocycles. The zero-order chi connectivity index (χ0) is 26.5. The molecular formula is C28H30BrN3O5. The lowest BCUT2D eigenvalue weighted by Gasteiger charge is -2.23. The van der Waals surface area contributed by atoms with Crippen molar-refractivity contribution in [3.63, 3.8) is 0 Å². The van der Waals surface area contributed by atoms with Gasteiger partial charge in [0.25, 0.3) is 0 Å². The van der Waals surface area contributed by atoms with Crippen molar-refractivity contribution in [2.75, 3.05) is 25.5 Å². The van der Waals surface area contributed by atoms with Gasteiger partial charge in [0.2, 0.25) is 5.91 Å². The Morgan fingerprint density at radius 3 is 2.35 bits per heavy atom. The van der Waals surface area contributed by atoms with Crippen LogP contribution in [0.4, 0.5) is 10.5 Å². The molecule has 0 fully saturated rings. The Morgan fingerprint density at radius 1 is 0.946 bits per heavy atom. The lowest BCUT2D eigenvalue weighted by atomic mass is 9.97. The number of esters is 1. The van der Waals surface area contributed by atoms with Gasteiger partial charge in [-0.2, -0.15) is 0 Å². The number of carbonyl (C=O) groups is 3. The van der Waals surface area contributed by atoms with Gasteiger partial charge >= 0.3 is 12.1 Å². The SMILES string of the molecule is COC(=O)CN[C@@H](c1ccccc1)c1cc(Br)ccc1NC(=O)CCCNC(=O)OCc1ccccc1. The fourth-order valence-electron chi connectivity index (χ4n) is 3.62. The highest BCUT2D eigenvalue weighted by Crippen LogP contribution is 2.31. The Kier molecular flexibility index (Phi) is 11.1. The van der Waals surface area contributed by atoms with E-state index in [1.54, 1.807) is 0 Å². The number of ether oxygens (including phenoxy) is 2. The summed E-state index contributed by atoms with van der Waals surface area (Å²) in [5, 5.41) is 8.85. The van der Waals surface area contributed by atoms with E-state index in [1.165, 1.54) is 7.11 Å². The van der Waals surface area contributed by atoms with E-state index in [1.807, 2.05) is 78.9 Å². The second-order valence-corrected chi connectivity index (χ2v) is 9.09. The second-order valence-electron chi connectivity index (χ2n) is 8.17. The maximum absolute atomic E-state index is 12.7. The van der Waals surface area contributed by atoms with E-state index in [0.717, 1.165) is 21.2 Å². The summed E-state index contributed by atoms with van der Waals surface area (Å²) in [5.74, 6) is -0.584. The number of benzene rings is 3. The molecule has 0 spiro atoms. The van der Waals surface area contributed by atoms with Crippen LogP contribution in [0.2, 0.25) is 0 Å². The average Bonchev–Trinajstić information content (AvgIpc) is 2.92. The van der Waals surface area contributed by atoms with Crippen molar-refractivity contribution in [1.82, 2.24) is 10.6 Å². The van der Waals surface area contributed by atoms with Crippen LogP contribution in [0.5, 0.6) is 0 Å². The molecule has 0 unspecified atom stereocenters. The van der Waals surface area contributed by atoms with Gasteiger partial charge in [-0.05, 0) is 41.3 Å². The summed E-state index contributed by atoms with van der Waals surface area (Å²) < 4.78 is 10.8. The molecular weight excluding hydrogens is 538 g/mol. The zero-order valence-corrected chi connectivity index (χ0v) is 22.1. The molecule has 1 atom stereocenters. The van der Waals surface area contributed by atoms with Gasteiger partial charge < -0.3 is 20.1 Å². The first kappa shape index (κ1) is 27.9. The molecule has 3 aromatic carbocycles. The fraction of sp³-hybridized carbons (Fsp3) is 0.250. The molecule has 0 aliphatic heterocycles. The van der Waals surface area contributed by atoms with Gasteiger partial charge in [-0.25, -0.2) is 4.79 Å². The maximum atomic E-state index is 12.7. The largest absolute Gasteiger partial charge is 0.468 e. The molecule has 0 heterocycles. The van der Waals surface area contributed by atoms with E-state index in [2.05, 4.69) is 31.9 Å².